The van der Waals surface area contributed by atoms with E-state index >= 15 is 0 Å². The Morgan fingerprint density at radius 2 is 1.95 bits per heavy atom. The molecule has 0 rings (SSSR count). The Morgan fingerprint density at radius 1 is 1.37 bits per heavy atom. The summed E-state index contributed by atoms with van der Waals surface area (Å²) in [5.41, 5.74) is 5.46. The number of sulfone groups is 1. The molecule has 0 aliphatic rings. The van der Waals surface area contributed by atoms with Gasteiger partial charge in [0, 0.05) is 12.7 Å². The molecule has 0 aliphatic heterocycles. The van der Waals surface area contributed by atoms with Crippen molar-refractivity contribution in [3.63, 3.8) is 0 Å². The number of hydrogen-bond acceptors (Lipinski definition) is 5. The lowest BCUT2D eigenvalue weighted by Gasteiger charge is -2.16. The molecule has 0 heterocycles. The SMILES string of the molecule is CCC(CN)CC(=O)NC(CCS(C)(=O)=O)C(=O)O. The summed E-state index contributed by atoms with van der Waals surface area (Å²) in [4.78, 5) is 22.6. The highest BCUT2D eigenvalue weighted by atomic mass is 32.2. The second kappa shape index (κ2) is 8.11. The fourth-order valence-corrected chi connectivity index (χ4v) is 2.16. The van der Waals surface area contributed by atoms with Crippen molar-refractivity contribution >= 4 is 21.7 Å². The third kappa shape index (κ3) is 8.55. The zero-order valence-electron chi connectivity index (χ0n) is 11.3. The van der Waals surface area contributed by atoms with Gasteiger partial charge < -0.3 is 16.2 Å². The smallest absolute Gasteiger partial charge is 0.326 e. The first kappa shape index (κ1) is 17.8. The van der Waals surface area contributed by atoms with E-state index in [2.05, 4.69) is 5.32 Å². The maximum Gasteiger partial charge on any atom is 0.326 e. The number of amides is 1. The molecular weight excluding hydrogens is 272 g/mol. The third-order valence-electron chi connectivity index (χ3n) is 2.80. The number of carbonyl (C=O) groups excluding carboxylic acids is 1. The molecule has 0 radical (unpaired) electrons. The maximum atomic E-state index is 11.6. The number of hydrogen-bond donors (Lipinski definition) is 3. The van der Waals surface area contributed by atoms with Crippen molar-refractivity contribution in [2.45, 2.75) is 32.2 Å². The molecule has 7 nitrogen and oxygen atoms in total. The van der Waals surface area contributed by atoms with Crippen molar-refractivity contribution in [3.8, 4) is 0 Å². The molecule has 0 saturated carbocycles. The van der Waals surface area contributed by atoms with E-state index in [9.17, 15) is 18.0 Å². The Morgan fingerprint density at radius 3 is 2.32 bits per heavy atom. The van der Waals surface area contributed by atoms with Crippen LogP contribution in [0.25, 0.3) is 0 Å². The van der Waals surface area contributed by atoms with E-state index in [0.29, 0.717) is 6.54 Å². The van der Waals surface area contributed by atoms with Crippen molar-refractivity contribution in [2.75, 3.05) is 18.6 Å². The van der Waals surface area contributed by atoms with Gasteiger partial charge in [-0.05, 0) is 18.9 Å². The number of nitrogens with two attached hydrogens (primary N) is 1. The highest BCUT2D eigenvalue weighted by Gasteiger charge is 2.22. The molecule has 0 spiro atoms. The van der Waals surface area contributed by atoms with Crippen molar-refractivity contribution in [3.05, 3.63) is 0 Å². The van der Waals surface area contributed by atoms with Gasteiger partial charge in [0.05, 0.1) is 5.75 Å². The van der Waals surface area contributed by atoms with Crippen LogP contribution in [0.5, 0.6) is 0 Å². The van der Waals surface area contributed by atoms with Crippen molar-refractivity contribution < 1.29 is 23.1 Å². The standard InChI is InChI=1S/C11H22N2O5S/c1-3-8(7-12)6-10(14)13-9(11(15)16)4-5-19(2,17)18/h8-9H,3-7,12H2,1-2H3,(H,13,14)(H,15,16). The van der Waals surface area contributed by atoms with E-state index in [1.807, 2.05) is 6.92 Å². The fraction of sp³-hybridized carbons (Fsp3) is 0.818. The van der Waals surface area contributed by atoms with Crippen LogP contribution in [-0.4, -0.2) is 50.0 Å². The van der Waals surface area contributed by atoms with Crippen LogP contribution in [0.4, 0.5) is 0 Å². The van der Waals surface area contributed by atoms with E-state index in [-0.39, 0.29) is 24.5 Å². The molecule has 0 bridgehead atoms. The Labute approximate surface area is 113 Å². The normalized spacial score (nSPS) is 14.7. The summed E-state index contributed by atoms with van der Waals surface area (Å²) in [5.74, 6) is -1.93. The number of carbonyl (C=O) groups is 2. The number of carboxylic acids is 1. The average Bonchev–Trinajstić information content (AvgIpc) is 2.29. The van der Waals surface area contributed by atoms with Crippen LogP contribution in [0.3, 0.4) is 0 Å². The van der Waals surface area contributed by atoms with Crippen LogP contribution < -0.4 is 11.1 Å². The molecule has 0 aromatic heterocycles. The Bertz CT molecular complexity index is 403. The molecule has 8 heteroatoms. The van der Waals surface area contributed by atoms with E-state index < -0.39 is 27.8 Å². The quantitative estimate of drug-likeness (QED) is 0.519. The van der Waals surface area contributed by atoms with Crippen molar-refractivity contribution in [1.82, 2.24) is 5.32 Å². The number of rotatable bonds is 9. The molecule has 2 unspecified atom stereocenters. The summed E-state index contributed by atoms with van der Waals surface area (Å²) in [6.45, 7) is 2.24. The van der Waals surface area contributed by atoms with Gasteiger partial charge in [0.25, 0.3) is 0 Å². The molecule has 2 atom stereocenters. The second-order valence-electron chi connectivity index (χ2n) is 4.59. The van der Waals surface area contributed by atoms with Gasteiger partial charge in [-0.25, -0.2) is 13.2 Å². The summed E-state index contributed by atoms with van der Waals surface area (Å²) in [7, 11) is -3.26. The van der Waals surface area contributed by atoms with E-state index in [0.717, 1.165) is 12.7 Å². The van der Waals surface area contributed by atoms with Crippen LogP contribution in [-0.2, 0) is 19.4 Å². The summed E-state index contributed by atoms with van der Waals surface area (Å²) in [6.07, 6.45) is 1.76. The van der Waals surface area contributed by atoms with Crippen LogP contribution in [0.1, 0.15) is 26.2 Å². The van der Waals surface area contributed by atoms with Crippen molar-refractivity contribution in [1.29, 1.82) is 0 Å². The molecule has 0 aliphatic carbocycles. The average molecular weight is 294 g/mol. The highest BCUT2D eigenvalue weighted by molar-refractivity contribution is 7.90. The fourth-order valence-electron chi connectivity index (χ4n) is 1.50. The molecule has 4 N–H and O–H groups in total. The second-order valence-corrected chi connectivity index (χ2v) is 6.85. The van der Waals surface area contributed by atoms with Gasteiger partial charge in [0.2, 0.25) is 5.91 Å². The molecule has 1 amide bonds. The molecule has 112 valence electrons. The Hall–Kier alpha value is -1.15. The van der Waals surface area contributed by atoms with Crippen molar-refractivity contribution in [2.24, 2.45) is 11.7 Å². The van der Waals surface area contributed by atoms with Gasteiger partial charge in [-0.3, -0.25) is 4.79 Å². The van der Waals surface area contributed by atoms with Gasteiger partial charge in [0.15, 0.2) is 0 Å². The molecule has 0 saturated heterocycles. The number of aliphatic carboxylic acids is 1. The molecular formula is C11H22N2O5S. The van der Waals surface area contributed by atoms with Crippen LogP contribution in [0.15, 0.2) is 0 Å². The van der Waals surface area contributed by atoms with Gasteiger partial charge in [-0.1, -0.05) is 13.3 Å². The molecule has 0 aromatic carbocycles. The summed E-state index contributed by atoms with van der Waals surface area (Å²) in [6, 6.07) is -1.18. The molecule has 0 aromatic rings. The summed E-state index contributed by atoms with van der Waals surface area (Å²) >= 11 is 0. The van der Waals surface area contributed by atoms with Crippen LogP contribution >= 0.6 is 0 Å². The summed E-state index contributed by atoms with van der Waals surface area (Å²) in [5, 5.41) is 11.3. The van der Waals surface area contributed by atoms with Gasteiger partial charge in [-0.15, -0.1) is 0 Å². The monoisotopic (exact) mass is 294 g/mol. The number of carboxylic acid groups (broad SMARTS) is 1. The Kier molecular flexibility index (Phi) is 7.62. The predicted octanol–water partition coefficient (Wildman–Crippen LogP) is -0.634. The third-order valence-corrected chi connectivity index (χ3v) is 3.77. The first-order chi connectivity index (χ1) is 8.69. The predicted molar refractivity (Wildman–Crippen MR) is 71.3 cm³/mol. The van der Waals surface area contributed by atoms with Gasteiger partial charge >= 0.3 is 5.97 Å². The first-order valence-electron chi connectivity index (χ1n) is 6.09. The first-order valence-corrected chi connectivity index (χ1v) is 8.15. The zero-order valence-corrected chi connectivity index (χ0v) is 12.1. The summed E-state index contributed by atoms with van der Waals surface area (Å²) < 4.78 is 22.0. The zero-order chi connectivity index (χ0) is 15.1. The topological polar surface area (TPSA) is 127 Å². The van der Waals surface area contributed by atoms with E-state index in [1.165, 1.54) is 0 Å². The lowest BCUT2D eigenvalue weighted by molar-refractivity contribution is -0.142. The van der Waals surface area contributed by atoms with Crippen LogP contribution in [0.2, 0.25) is 0 Å². The van der Waals surface area contributed by atoms with Crippen LogP contribution in [0, 0.1) is 5.92 Å². The molecule has 0 fully saturated rings. The molecule has 19 heavy (non-hydrogen) atoms. The maximum absolute atomic E-state index is 11.6. The highest BCUT2D eigenvalue weighted by Crippen LogP contribution is 2.06. The van der Waals surface area contributed by atoms with Gasteiger partial charge in [-0.2, -0.15) is 0 Å². The minimum absolute atomic E-state index is 0.00403. The lowest BCUT2D eigenvalue weighted by Crippen LogP contribution is -2.42. The Balaban J connectivity index is 4.42. The minimum atomic E-state index is -3.26. The van der Waals surface area contributed by atoms with Gasteiger partial charge in [0.1, 0.15) is 15.9 Å². The minimum Gasteiger partial charge on any atom is -0.480 e. The van der Waals surface area contributed by atoms with E-state index in [4.69, 9.17) is 10.8 Å². The van der Waals surface area contributed by atoms with E-state index in [1.54, 1.807) is 0 Å². The number of nitrogens with one attached hydrogen (secondary N) is 1. The lowest BCUT2D eigenvalue weighted by atomic mass is 10.0. The largest absolute Gasteiger partial charge is 0.480 e.